The third kappa shape index (κ3) is 5.57. The van der Waals surface area contributed by atoms with E-state index in [9.17, 15) is 9.59 Å². The van der Waals surface area contributed by atoms with Gasteiger partial charge in [0.05, 0.1) is 40.1 Å². The Hall–Kier alpha value is -3.31. The van der Waals surface area contributed by atoms with E-state index in [-0.39, 0.29) is 33.0 Å². The fourth-order valence-corrected chi connectivity index (χ4v) is 4.15. The van der Waals surface area contributed by atoms with E-state index in [2.05, 4.69) is 5.32 Å². The Morgan fingerprint density at radius 1 is 1.08 bits per heavy atom. The number of methoxy groups -OCH3 is 1. The molecule has 10 nitrogen and oxygen atoms in total. The van der Waals surface area contributed by atoms with Crippen molar-refractivity contribution in [1.29, 1.82) is 0 Å². The Balaban J connectivity index is 1.67. The zero-order valence-electron chi connectivity index (χ0n) is 20.1. The fraction of sp³-hybridized carbons (Fsp3) is 0.360. The number of benzene rings is 2. The number of hydrogen-bond acceptors (Lipinski definition) is 8. The number of ether oxygens (including phenoxy) is 3. The number of aliphatic hydroxyl groups excluding tert-OH is 1. The van der Waals surface area contributed by atoms with E-state index in [4.69, 9.17) is 30.9 Å². The van der Waals surface area contributed by atoms with Crippen LogP contribution < -0.4 is 26.2 Å². The lowest BCUT2D eigenvalue weighted by Gasteiger charge is -2.26. The van der Waals surface area contributed by atoms with Gasteiger partial charge in [-0.25, -0.2) is 4.79 Å². The maximum atomic E-state index is 13.5. The van der Waals surface area contributed by atoms with E-state index in [0.29, 0.717) is 28.8 Å². The van der Waals surface area contributed by atoms with Gasteiger partial charge >= 0.3 is 5.69 Å². The zero-order valence-corrected chi connectivity index (χ0v) is 20.9. The molecule has 0 aliphatic carbocycles. The first kappa shape index (κ1) is 25.8. The summed E-state index contributed by atoms with van der Waals surface area (Å²) in [6, 6.07) is 14.8. The summed E-state index contributed by atoms with van der Waals surface area (Å²) in [6.45, 7) is 0.760. The minimum Gasteiger partial charge on any atom is -0.497 e. The monoisotopic (exact) mass is 516 g/mol. The van der Waals surface area contributed by atoms with Gasteiger partial charge in [-0.2, -0.15) is 0 Å². The summed E-state index contributed by atoms with van der Waals surface area (Å²) >= 11 is 6.06. The maximum Gasteiger partial charge on any atom is 0.332 e. The van der Waals surface area contributed by atoms with Gasteiger partial charge in [-0.3, -0.25) is 13.9 Å². The Morgan fingerprint density at radius 2 is 1.86 bits per heavy atom. The molecule has 1 atom stereocenters. The molecule has 11 heteroatoms. The van der Waals surface area contributed by atoms with Crippen LogP contribution in [0.5, 0.6) is 5.75 Å². The largest absolute Gasteiger partial charge is 0.497 e. The van der Waals surface area contributed by atoms with Gasteiger partial charge in [-0.05, 0) is 35.4 Å². The number of aliphatic hydroxyl groups is 1. The van der Waals surface area contributed by atoms with Gasteiger partial charge in [0.25, 0.3) is 5.56 Å². The first-order chi connectivity index (χ1) is 17.4. The van der Waals surface area contributed by atoms with Crippen LogP contribution in [-0.2, 0) is 36.2 Å². The third-order valence-corrected chi connectivity index (χ3v) is 6.11. The fourth-order valence-electron chi connectivity index (χ4n) is 4.02. The van der Waals surface area contributed by atoms with Gasteiger partial charge in [-0.15, -0.1) is 0 Å². The molecule has 0 radical (unpaired) electrons. The highest BCUT2D eigenvalue weighted by molar-refractivity contribution is 6.30. The lowest BCUT2D eigenvalue weighted by molar-refractivity contribution is 0.0592. The van der Waals surface area contributed by atoms with E-state index in [0.717, 1.165) is 15.7 Å². The smallest absolute Gasteiger partial charge is 0.332 e. The summed E-state index contributed by atoms with van der Waals surface area (Å²) in [7, 11) is 3.20. The Morgan fingerprint density at radius 3 is 2.58 bits per heavy atom. The van der Waals surface area contributed by atoms with Gasteiger partial charge in [-0.1, -0.05) is 35.9 Å². The molecule has 2 aromatic carbocycles. The van der Waals surface area contributed by atoms with Crippen LogP contribution in [0.2, 0.25) is 5.02 Å². The summed E-state index contributed by atoms with van der Waals surface area (Å²) < 4.78 is 19.3. The van der Waals surface area contributed by atoms with Crippen LogP contribution in [0.25, 0.3) is 0 Å². The second kappa shape index (κ2) is 11.6. The summed E-state index contributed by atoms with van der Waals surface area (Å²) in [5.74, 6) is 1.09. The molecule has 36 heavy (non-hydrogen) atoms. The summed E-state index contributed by atoms with van der Waals surface area (Å²) in [6.07, 6.45) is -0.707. The quantitative estimate of drug-likeness (QED) is 0.373. The highest BCUT2D eigenvalue weighted by atomic mass is 35.5. The number of anilines is 2. The van der Waals surface area contributed by atoms with Crippen LogP contribution in [0.15, 0.2) is 58.1 Å². The number of nitrogens with zero attached hydrogens (tertiary/aromatic N) is 3. The zero-order chi connectivity index (χ0) is 25.7. The number of rotatable bonds is 11. The number of aromatic nitrogens is 2. The number of halogens is 1. The molecule has 4 rings (SSSR count). The first-order valence-electron chi connectivity index (χ1n) is 11.5. The lowest BCUT2D eigenvalue weighted by Crippen LogP contribution is -2.43. The van der Waals surface area contributed by atoms with Crippen molar-refractivity contribution in [1.82, 2.24) is 9.13 Å². The highest BCUT2D eigenvalue weighted by Crippen LogP contribution is 2.32. The van der Waals surface area contributed by atoms with Crippen molar-refractivity contribution in [2.24, 2.45) is 7.05 Å². The number of hydrogen-bond donors (Lipinski definition) is 2. The molecule has 2 heterocycles. The van der Waals surface area contributed by atoms with Crippen molar-refractivity contribution < 1.29 is 19.3 Å². The van der Waals surface area contributed by atoms with E-state index in [1.165, 1.54) is 4.57 Å². The van der Waals surface area contributed by atoms with Crippen molar-refractivity contribution in [3.05, 3.63) is 85.5 Å². The summed E-state index contributed by atoms with van der Waals surface area (Å²) in [5, 5.41) is 12.7. The molecule has 1 aliphatic heterocycles. The van der Waals surface area contributed by atoms with Gasteiger partial charge in [0, 0.05) is 18.6 Å². The van der Waals surface area contributed by atoms with E-state index < -0.39 is 17.6 Å². The molecule has 0 saturated carbocycles. The molecule has 1 unspecified atom stereocenters. The molecule has 0 amide bonds. The van der Waals surface area contributed by atoms with Gasteiger partial charge < -0.3 is 29.5 Å². The number of nitrogens with one attached hydrogen (secondary N) is 1. The van der Waals surface area contributed by atoms with Crippen LogP contribution in [0.3, 0.4) is 0 Å². The first-order valence-corrected chi connectivity index (χ1v) is 11.8. The minimum absolute atomic E-state index is 0.0584. The van der Waals surface area contributed by atoms with Crippen molar-refractivity contribution >= 4 is 23.1 Å². The number of fused-ring (bicyclic) bond motifs is 1. The van der Waals surface area contributed by atoms with Crippen molar-refractivity contribution in [3.63, 3.8) is 0 Å². The SMILES string of the molecule is COc1cccc(COC2Nc3c(c(=O)n(CCOCCO)c(=O)n3C)N2Cc2ccc(Cl)cc2)c1. The van der Waals surface area contributed by atoms with Crippen molar-refractivity contribution in [3.8, 4) is 5.75 Å². The van der Waals surface area contributed by atoms with E-state index in [1.807, 2.05) is 36.4 Å². The van der Waals surface area contributed by atoms with Crippen molar-refractivity contribution in [2.45, 2.75) is 26.0 Å². The van der Waals surface area contributed by atoms with Crippen LogP contribution >= 0.6 is 11.6 Å². The molecule has 2 N–H and O–H groups in total. The minimum atomic E-state index is -0.707. The van der Waals surface area contributed by atoms with Crippen LogP contribution in [0.1, 0.15) is 11.1 Å². The van der Waals surface area contributed by atoms with E-state index >= 15 is 0 Å². The Bertz CT molecular complexity index is 1310. The topological polar surface area (TPSA) is 107 Å². The second-order valence-electron chi connectivity index (χ2n) is 8.25. The predicted octanol–water partition coefficient (Wildman–Crippen LogP) is 2.15. The third-order valence-electron chi connectivity index (χ3n) is 5.86. The molecule has 0 bridgehead atoms. The average Bonchev–Trinajstić information content (AvgIpc) is 3.25. The molecule has 0 saturated heterocycles. The molecule has 1 aliphatic rings. The second-order valence-corrected chi connectivity index (χ2v) is 8.68. The van der Waals surface area contributed by atoms with Gasteiger partial charge in [0.15, 0.2) is 0 Å². The Kier molecular flexibility index (Phi) is 8.32. The summed E-state index contributed by atoms with van der Waals surface area (Å²) in [4.78, 5) is 28.3. The molecular formula is C25H29ClN4O6. The maximum absolute atomic E-state index is 13.5. The highest BCUT2D eigenvalue weighted by Gasteiger charge is 2.35. The molecule has 1 aromatic heterocycles. The predicted molar refractivity (Wildman–Crippen MR) is 137 cm³/mol. The normalized spacial score (nSPS) is 14.6. The molecule has 0 spiro atoms. The summed E-state index contributed by atoms with van der Waals surface area (Å²) in [5.41, 5.74) is 1.21. The molecule has 3 aromatic rings. The van der Waals surface area contributed by atoms with E-state index in [1.54, 1.807) is 31.2 Å². The van der Waals surface area contributed by atoms with Crippen LogP contribution in [0.4, 0.5) is 11.5 Å². The average molecular weight is 517 g/mol. The standard InChI is InChI=1S/C25H29ClN4O6/c1-28-22-21(23(32)29(25(28)33)10-12-35-13-11-31)30(15-17-6-8-19(26)9-7-17)24(27-22)36-16-18-4-3-5-20(14-18)34-2/h3-9,14,24,27,31H,10-13,15-16H2,1-2H3. The van der Waals surface area contributed by atoms with Crippen molar-refractivity contribution in [2.75, 3.05) is 37.1 Å². The van der Waals surface area contributed by atoms with Gasteiger partial charge in [0.1, 0.15) is 17.3 Å². The molecule has 192 valence electrons. The lowest BCUT2D eigenvalue weighted by atomic mass is 10.2. The van der Waals surface area contributed by atoms with Gasteiger partial charge in [0.2, 0.25) is 6.35 Å². The molecule has 0 fully saturated rings. The molecular weight excluding hydrogens is 488 g/mol. The van der Waals surface area contributed by atoms with Crippen LogP contribution in [-0.4, -0.2) is 47.5 Å². The Labute approximate surface area is 213 Å². The van der Waals surface area contributed by atoms with Crippen LogP contribution in [0, 0.1) is 0 Å².